The molecule has 0 aliphatic carbocycles. The van der Waals surface area contributed by atoms with Crippen LogP contribution in [0.25, 0.3) is 10.9 Å². The molecule has 3 aliphatic rings. The van der Waals surface area contributed by atoms with Crippen molar-refractivity contribution in [2.24, 2.45) is 11.8 Å². The van der Waals surface area contributed by atoms with Gasteiger partial charge in [0.15, 0.2) is 5.82 Å². The summed E-state index contributed by atoms with van der Waals surface area (Å²) < 4.78 is 1.87. The van der Waals surface area contributed by atoms with Gasteiger partial charge in [-0.05, 0) is 30.5 Å². The normalized spacial score (nSPS) is 25.2. The number of rotatable bonds is 2. The number of amides is 2. The second-order valence-corrected chi connectivity index (χ2v) is 8.94. The van der Waals surface area contributed by atoms with E-state index in [2.05, 4.69) is 10.2 Å². The van der Waals surface area contributed by atoms with Crippen molar-refractivity contribution in [1.82, 2.24) is 19.7 Å². The molecule has 1 aromatic carbocycles. The first-order valence-corrected chi connectivity index (χ1v) is 10.8. The van der Waals surface area contributed by atoms with Crippen molar-refractivity contribution in [2.75, 3.05) is 24.5 Å². The number of anilines is 1. The third kappa shape index (κ3) is 2.89. The number of piperidine rings is 1. The van der Waals surface area contributed by atoms with Crippen LogP contribution in [0.3, 0.4) is 0 Å². The number of nitrogens with one attached hydrogen (secondary N) is 1. The molecule has 8 nitrogen and oxygen atoms in total. The van der Waals surface area contributed by atoms with Crippen LogP contribution >= 0.6 is 0 Å². The number of benzene rings is 1. The molecule has 0 unspecified atom stereocenters. The van der Waals surface area contributed by atoms with Gasteiger partial charge in [0.25, 0.3) is 5.56 Å². The molecule has 158 valence electrons. The molecule has 3 atom stereocenters. The molecular weight excluding hydrogens is 394 g/mol. The summed E-state index contributed by atoms with van der Waals surface area (Å²) >= 11 is 0. The Morgan fingerprint density at radius 3 is 2.77 bits per heavy atom. The van der Waals surface area contributed by atoms with Gasteiger partial charge in [0.2, 0.25) is 11.8 Å². The van der Waals surface area contributed by atoms with Crippen LogP contribution in [0.5, 0.6) is 0 Å². The number of aromatic nitrogens is 3. The summed E-state index contributed by atoms with van der Waals surface area (Å²) in [5.41, 5.74) is 1.93. The van der Waals surface area contributed by atoms with E-state index in [0.29, 0.717) is 32.0 Å². The van der Waals surface area contributed by atoms with Crippen LogP contribution in [-0.2, 0) is 16.1 Å². The quantitative estimate of drug-likeness (QED) is 0.687. The predicted octanol–water partition coefficient (Wildman–Crippen LogP) is 1.72. The summed E-state index contributed by atoms with van der Waals surface area (Å²) in [6.07, 6.45) is 1.21. The van der Waals surface area contributed by atoms with Crippen molar-refractivity contribution < 1.29 is 9.59 Å². The molecule has 3 aliphatic heterocycles. The molecule has 6 rings (SSSR count). The highest BCUT2D eigenvalue weighted by Gasteiger charge is 2.42. The average Bonchev–Trinajstić information content (AvgIpc) is 3.37. The molecule has 2 amide bonds. The molecule has 2 saturated heterocycles. The Morgan fingerprint density at radius 1 is 1.00 bits per heavy atom. The van der Waals surface area contributed by atoms with Crippen LogP contribution in [0.1, 0.15) is 24.5 Å². The number of nitrogens with zero attached hydrogens (tertiary/aromatic N) is 4. The van der Waals surface area contributed by atoms with Crippen LogP contribution in [0.4, 0.5) is 5.82 Å². The molecule has 2 aromatic heterocycles. The fourth-order valence-electron chi connectivity index (χ4n) is 5.57. The van der Waals surface area contributed by atoms with E-state index in [1.807, 2.05) is 39.8 Å². The van der Waals surface area contributed by atoms with Crippen LogP contribution in [0, 0.1) is 11.8 Å². The molecule has 3 aromatic rings. The molecule has 2 bridgehead atoms. The Kier molecular flexibility index (Phi) is 4.03. The minimum Gasteiger partial charge on any atom is -0.341 e. The van der Waals surface area contributed by atoms with Gasteiger partial charge in [0.1, 0.15) is 0 Å². The lowest BCUT2D eigenvalue weighted by molar-refractivity contribution is -0.138. The number of H-pyrrole nitrogens is 1. The maximum absolute atomic E-state index is 13.4. The molecule has 1 N–H and O–H groups in total. The van der Waals surface area contributed by atoms with Crippen molar-refractivity contribution >= 4 is 28.5 Å². The fourth-order valence-corrected chi connectivity index (χ4v) is 5.57. The van der Waals surface area contributed by atoms with E-state index < -0.39 is 0 Å². The van der Waals surface area contributed by atoms with Gasteiger partial charge in [0.05, 0.1) is 11.4 Å². The monoisotopic (exact) mass is 417 g/mol. The molecule has 0 saturated carbocycles. The minimum absolute atomic E-state index is 0.0373. The highest BCUT2D eigenvalue weighted by Crippen LogP contribution is 2.37. The number of aromatic amines is 1. The lowest BCUT2D eigenvalue weighted by atomic mass is 9.82. The zero-order valence-corrected chi connectivity index (χ0v) is 17.0. The topological polar surface area (TPSA) is 91.3 Å². The van der Waals surface area contributed by atoms with Crippen LogP contribution in [0.2, 0.25) is 0 Å². The Labute approximate surface area is 178 Å². The van der Waals surface area contributed by atoms with Gasteiger partial charge in [-0.3, -0.25) is 24.4 Å². The Balaban J connectivity index is 1.22. The largest absolute Gasteiger partial charge is 0.341 e. The Morgan fingerprint density at radius 2 is 1.87 bits per heavy atom. The van der Waals surface area contributed by atoms with E-state index in [0.717, 1.165) is 23.0 Å². The second-order valence-electron chi connectivity index (χ2n) is 8.94. The predicted molar refractivity (Wildman–Crippen MR) is 115 cm³/mol. The highest BCUT2D eigenvalue weighted by atomic mass is 16.2. The van der Waals surface area contributed by atoms with E-state index in [1.165, 1.54) is 0 Å². The smallest absolute Gasteiger partial charge is 0.250 e. The maximum atomic E-state index is 13.4. The van der Waals surface area contributed by atoms with Crippen molar-refractivity contribution in [3.05, 3.63) is 58.5 Å². The first kappa shape index (κ1) is 18.4. The summed E-state index contributed by atoms with van der Waals surface area (Å²) in [6.45, 7) is 2.26. The number of pyridine rings is 1. The second kappa shape index (κ2) is 6.80. The third-order valence-corrected chi connectivity index (χ3v) is 6.97. The van der Waals surface area contributed by atoms with E-state index in [4.69, 9.17) is 0 Å². The van der Waals surface area contributed by atoms with Gasteiger partial charge in [0, 0.05) is 55.7 Å². The van der Waals surface area contributed by atoms with Crippen molar-refractivity contribution in [2.45, 2.75) is 25.3 Å². The Hall–Kier alpha value is -3.42. The summed E-state index contributed by atoms with van der Waals surface area (Å²) in [4.78, 5) is 41.9. The third-order valence-electron chi connectivity index (χ3n) is 6.97. The maximum Gasteiger partial charge on any atom is 0.250 e. The highest BCUT2D eigenvalue weighted by molar-refractivity contribution is 6.05. The van der Waals surface area contributed by atoms with Gasteiger partial charge < -0.3 is 9.47 Å². The van der Waals surface area contributed by atoms with E-state index in [9.17, 15) is 14.4 Å². The first-order chi connectivity index (χ1) is 15.1. The molecule has 0 spiro atoms. The summed E-state index contributed by atoms with van der Waals surface area (Å²) in [6, 6.07) is 13.1. The van der Waals surface area contributed by atoms with Gasteiger partial charge in [-0.1, -0.05) is 18.2 Å². The number of hydrogen-bond donors (Lipinski definition) is 1. The molecule has 31 heavy (non-hydrogen) atoms. The van der Waals surface area contributed by atoms with Crippen molar-refractivity contribution in [1.29, 1.82) is 0 Å². The molecule has 2 fully saturated rings. The number of hydrogen-bond acceptors (Lipinski definition) is 4. The standard InChI is InChI=1S/C23H23N5O3/c29-20-7-3-6-19-15-8-14(11-27(19)20)10-26(12-15)23(31)16-9-21(30)28(13-16)22-17-4-1-2-5-18(17)24-25-22/h1-7,14-16H,8-13H2,(H,24,25)/t14-,15+,16-/m0/s1. The van der Waals surface area contributed by atoms with E-state index in [1.54, 1.807) is 17.0 Å². The van der Waals surface area contributed by atoms with Crippen LogP contribution in [0.15, 0.2) is 47.3 Å². The molecule has 0 radical (unpaired) electrons. The van der Waals surface area contributed by atoms with Gasteiger partial charge in [-0.2, -0.15) is 5.10 Å². The van der Waals surface area contributed by atoms with E-state index >= 15 is 0 Å². The summed E-state index contributed by atoms with van der Waals surface area (Å²) in [5.74, 6) is 0.661. The number of fused-ring (bicyclic) bond motifs is 5. The fraction of sp³-hybridized carbons (Fsp3) is 0.391. The SMILES string of the molecule is O=C([C@H]1CC(=O)N(c2n[nH]c3ccccc23)C1)N1C[C@@H]2C[C@H](C1)c1cccc(=O)n1C2. The molecule has 8 heteroatoms. The first-order valence-electron chi connectivity index (χ1n) is 10.8. The summed E-state index contributed by atoms with van der Waals surface area (Å²) in [7, 11) is 0. The molecular formula is C23H23N5O3. The minimum atomic E-state index is -0.361. The lowest BCUT2D eigenvalue weighted by Gasteiger charge is -2.43. The Bertz CT molecular complexity index is 1260. The van der Waals surface area contributed by atoms with Crippen molar-refractivity contribution in [3.63, 3.8) is 0 Å². The summed E-state index contributed by atoms with van der Waals surface area (Å²) in [5, 5.41) is 8.19. The number of para-hydroxylation sites is 1. The van der Waals surface area contributed by atoms with Gasteiger partial charge >= 0.3 is 0 Å². The van der Waals surface area contributed by atoms with E-state index in [-0.39, 0.29) is 41.5 Å². The van der Waals surface area contributed by atoms with Gasteiger partial charge in [-0.15, -0.1) is 0 Å². The van der Waals surface area contributed by atoms with Crippen LogP contribution < -0.4 is 10.5 Å². The molecule has 5 heterocycles. The number of carbonyl (C=O) groups excluding carboxylic acids is 2. The van der Waals surface area contributed by atoms with Gasteiger partial charge in [-0.25, -0.2) is 0 Å². The van der Waals surface area contributed by atoms with Crippen LogP contribution in [-0.4, -0.2) is 51.1 Å². The van der Waals surface area contributed by atoms with Crippen molar-refractivity contribution in [3.8, 4) is 0 Å². The lowest BCUT2D eigenvalue weighted by Crippen LogP contribution is -2.50. The number of carbonyl (C=O) groups is 2. The zero-order chi connectivity index (χ0) is 21.1. The zero-order valence-electron chi connectivity index (χ0n) is 17.0. The number of likely N-dealkylation sites (tertiary alicyclic amines) is 1. The average molecular weight is 417 g/mol.